The molecule has 0 aliphatic heterocycles. The number of hydrogen-bond acceptors (Lipinski definition) is 4. The van der Waals surface area contributed by atoms with Crippen molar-refractivity contribution in [2.75, 3.05) is 22.8 Å². The van der Waals surface area contributed by atoms with E-state index in [1.165, 1.54) is 54.6 Å². The first-order valence-corrected chi connectivity index (χ1v) is 11.7. The molecule has 32 heavy (non-hydrogen) atoms. The van der Waals surface area contributed by atoms with Crippen molar-refractivity contribution in [1.82, 2.24) is 0 Å². The van der Waals surface area contributed by atoms with Crippen LogP contribution in [0, 0.1) is 5.82 Å². The minimum atomic E-state index is -4.15. The fraction of sp³-hybridized carbons (Fsp3) is 0.136. The predicted molar refractivity (Wildman–Crippen MR) is 124 cm³/mol. The van der Waals surface area contributed by atoms with E-state index >= 15 is 0 Å². The summed E-state index contributed by atoms with van der Waals surface area (Å²) in [5, 5.41) is 3.14. The van der Waals surface area contributed by atoms with Gasteiger partial charge in [-0.05, 0) is 73.7 Å². The minimum absolute atomic E-state index is 0.0485. The molecule has 0 unspecified atom stereocenters. The molecule has 0 spiro atoms. The van der Waals surface area contributed by atoms with Crippen LogP contribution in [0.5, 0.6) is 5.75 Å². The largest absolute Gasteiger partial charge is 0.494 e. The van der Waals surface area contributed by atoms with Crippen LogP contribution in [-0.2, 0) is 14.8 Å². The summed E-state index contributed by atoms with van der Waals surface area (Å²) in [7, 11) is -4.15. The fourth-order valence-corrected chi connectivity index (χ4v) is 4.55. The van der Waals surface area contributed by atoms with E-state index < -0.39 is 28.3 Å². The SMILES string of the molecule is CCOc1ccc(S(=O)(=O)N(CC(=O)Nc2ccc(Cl)c(Cl)c2)c2ccc(F)cc2)cc1. The molecule has 0 saturated carbocycles. The molecule has 3 aromatic rings. The van der Waals surface area contributed by atoms with E-state index in [1.807, 2.05) is 6.92 Å². The van der Waals surface area contributed by atoms with Gasteiger partial charge in [0.05, 0.1) is 27.2 Å². The molecule has 6 nitrogen and oxygen atoms in total. The number of hydrogen-bond donors (Lipinski definition) is 1. The highest BCUT2D eigenvalue weighted by molar-refractivity contribution is 7.92. The molecule has 0 radical (unpaired) electrons. The monoisotopic (exact) mass is 496 g/mol. The van der Waals surface area contributed by atoms with Crippen LogP contribution in [-0.4, -0.2) is 27.5 Å². The molecule has 0 aliphatic carbocycles. The Balaban J connectivity index is 1.91. The number of halogens is 3. The van der Waals surface area contributed by atoms with Gasteiger partial charge >= 0.3 is 0 Å². The third kappa shape index (κ3) is 5.70. The Morgan fingerprint density at radius 2 is 1.66 bits per heavy atom. The molecule has 0 fully saturated rings. The first-order valence-electron chi connectivity index (χ1n) is 9.47. The van der Waals surface area contributed by atoms with Gasteiger partial charge in [-0.2, -0.15) is 0 Å². The molecule has 0 aliphatic rings. The number of ether oxygens (including phenoxy) is 1. The van der Waals surface area contributed by atoms with Crippen LogP contribution >= 0.6 is 23.2 Å². The Morgan fingerprint density at radius 1 is 1.00 bits per heavy atom. The van der Waals surface area contributed by atoms with Crippen LogP contribution in [0.25, 0.3) is 0 Å². The maximum absolute atomic E-state index is 13.4. The van der Waals surface area contributed by atoms with Crippen LogP contribution in [0.3, 0.4) is 0 Å². The topological polar surface area (TPSA) is 75.7 Å². The molecule has 1 N–H and O–H groups in total. The van der Waals surface area contributed by atoms with Gasteiger partial charge in [0.25, 0.3) is 10.0 Å². The van der Waals surface area contributed by atoms with E-state index in [0.29, 0.717) is 23.1 Å². The van der Waals surface area contributed by atoms with Crippen molar-refractivity contribution in [3.8, 4) is 5.75 Å². The Kier molecular flexibility index (Phi) is 7.60. The summed E-state index contributed by atoms with van der Waals surface area (Å²) in [5.41, 5.74) is 0.478. The smallest absolute Gasteiger partial charge is 0.264 e. The van der Waals surface area contributed by atoms with Gasteiger partial charge in [-0.3, -0.25) is 9.10 Å². The first kappa shape index (κ1) is 23.8. The molecule has 0 aromatic heterocycles. The van der Waals surface area contributed by atoms with Gasteiger partial charge in [0, 0.05) is 5.69 Å². The maximum Gasteiger partial charge on any atom is 0.264 e. The Labute approximate surface area is 195 Å². The second kappa shape index (κ2) is 10.2. The van der Waals surface area contributed by atoms with Crippen molar-refractivity contribution in [3.63, 3.8) is 0 Å². The molecule has 168 valence electrons. The lowest BCUT2D eigenvalue weighted by Gasteiger charge is -2.24. The molecule has 0 heterocycles. The summed E-state index contributed by atoms with van der Waals surface area (Å²) in [6, 6.07) is 15.1. The van der Waals surface area contributed by atoms with Gasteiger partial charge in [-0.15, -0.1) is 0 Å². The Hall–Kier alpha value is -2.81. The van der Waals surface area contributed by atoms with E-state index in [-0.39, 0.29) is 15.6 Å². The molecule has 10 heteroatoms. The first-order chi connectivity index (χ1) is 15.2. The van der Waals surface area contributed by atoms with Crippen LogP contribution in [0.4, 0.5) is 15.8 Å². The third-order valence-corrected chi connectivity index (χ3v) is 6.86. The van der Waals surface area contributed by atoms with Crippen molar-refractivity contribution in [1.29, 1.82) is 0 Å². The number of nitrogens with one attached hydrogen (secondary N) is 1. The number of rotatable bonds is 8. The summed E-state index contributed by atoms with van der Waals surface area (Å²) >= 11 is 11.8. The van der Waals surface area contributed by atoms with E-state index in [2.05, 4.69) is 5.32 Å². The summed E-state index contributed by atoms with van der Waals surface area (Å²) in [6.07, 6.45) is 0. The lowest BCUT2D eigenvalue weighted by Crippen LogP contribution is -2.38. The van der Waals surface area contributed by atoms with Gasteiger partial charge < -0.3 is 10.1 Å². The Bertz CT molecular complexity index is 1200. The van der Waals surface area contributed by atoms with Gasteiger partial charge in [-0.1, -0.05) is 23.2 Å². The molecular weight excluding hydrogens is 478 g/mol. The highest BCUT2D eigenvalue weighted by Gasteiger charge is 2.27. The third-order valence-electron chi connectivity index (χ3n) is 4.33. The fourth-order valence-electron chi connectivity index (χ4n) is 2.83. The molecule has 3 aromatic carbocycles. The Morgan fingerprint density at radius 3 is 2.25 bits per heavy atom. The van der Waals surface area contributed by atoms with Crippen molar-refractivity contribution in [2.24, 2.45) is 0 Å². The molecular formula is C22H19Cl2FN2O4S. The number of carbonyl (C=O) groups is 1. The number of nitrogens with zero attached hydrogens (tertiary/aromatic N) is 1. The highest BCUT2D eigenvalue weighted by Crippen LogP contribution is 2.27. The molecule has 3 rings (SSSR count). The number of sulfonamides is 1. The quantitative estimate of drug-likeness (QED) is 0.455. The van der Waals surface area contributed by atoms with Crippen LogP contribution in [0.1, 0.15) is 6.92 Å². The number of anilines is 2. The van der Waals surface area contributed by atoms with Crippen molar-refractivity contribution in [3.05, 3.63) is 82.6 Å². The number of amides is 1. The summed E-state index contributed by atoms with van der Waals surface area (Å²) < 4.78 is 46.4. The minimum Gasteiger partial charge on any atom is -0.494 e. The van der Waals surface area contributed by atoms with Crippen molar-refractivity contribution in [2.45, 2.75) is 11.8 Å². The van der Waals surface area contributed by atoms with Crippen LogP contribution < -0.4 is 14.4 Å². The molecule has 0 bridgehead atoms. The molecule has 1 amide bonds. The highest BCUT2D eigenvalue weighted by atomic mass is 35.5. The molecule has 0 atom stereocenters. The maximum atomic E-state index is 13.4. The average molecular weight is 497 g/mol. The summed E-state index contributed by atoms with van der Waals surface area (Å²) in [5.74, 6) is -0.646. The zero-order valence-corrected chi connectivity index (χ0v) is 19.2. The van der Waals surface area contributed by atoms with Gasteiger partial charge in [-0.25, -0.2) is 12.8 Å². The predicted octanol–water partition coefficient (Wildman–Crippen LogP) is 5.37. The molecule has 0 saturated heterocycles. The van der Waals surface area contributed by atoms with E-state index in [9.17, 15) is 17.6 Å². The van der Waals surface area contributed by atoms with E-state index in [4.69, 9.17) is 27.9 Å². The second-order valence-corrected chi connectivity index (χ2v) is 9.25. The lowest BCUT2D eigenvalue weighted by atomic mass is 10.3. The number of benzene rings is 3. The number of carbonyl (C=O) groups excluding carboxylic acids is 1. The van der Waals surface area contributed by atoms with E-state index in [1.54, 1.807) is 0 Å². The zero-order valence-electron chi connectivity index (χ0n) is 16.9. The lowest BCUT2D eigenvalue weighted by molar-refractivity contribution is -0.114. The summed E-state index contributed by atoms with van der Waals surface area (Å²) in [6.45, 7) is 1.69. The van der Waals surface area contributed by atoms with E-state index in [0.717, 1.165) is 16.4 Å². The standard InChI is InChI=1S/C22H19Cl2FN2O4S/c1-2-31-18-8-10-19(11-9-18)32(29,30)27(17-6-3-15(25)4-7-17)14-22(28)26-16-5-12-20(23)21(24)13-16/h3-13H,2,14H2,1H3,(H,26,28). The van der Waals surface area contributed by atoms with Gasteiger partial charge in [0.15, 0.2) is 0 Å². The van der Waals surface area contributed by atoms with Crippen molar-refractivity contribution < 1.29 is 22.3 Å². The second-order valence-electron chi connectivity index (χ2n) is 6.57. The summed E-state index contributed by atoms with van der Waals surface area (Å²) in [4.78, 5) is 12.6. The van der Waals surface area contributed by atoms with Gasteiger partial charge in [0.2, 0.25) is 5.91 Å². The average Bonchev–Trinajstić information content (AvgIpc) is 2.76. The zero-order chi connectivity index (χ0) is 23.3. The van der Waals surface area contributed by atoms with Crippen LogP contribution in [0.15, 0.2) is 71.6 Å². The van der Waals surface area contributed by atoms with Crippen molar-refractivity contribution >= 4 is 50.5 Å². The van der Waals surface area contributed by atoms with Crippen LogP contribution in [0.2, 0.25) is 10.0 Å². The normalized spacial score (nSPS) is 11.1. The van der Waals surface area contributed by atoms with Gasteiger partial charge in [0.1, 0.15) is 18.1 Å².